The lowest BCUT2D eigenvalue weighted by Gasteiger charge is -2.19. The molecule has 1 aromatic carbocycles. The fourth-order valence-corrected chi connectivity index (χ4v) is 2.33. The van der Waals surface area contributed by atoms with Crippen molar-refractivity contribution in [1.29, 1.82) is 0 Å². The molecule has 0 unspecified atom stereocenters. The number of carbonyl (C=O) groups is 1. The fraction of sp³-hybridized carbons (Fsp3) is 0.462. The van der Waals surface area contributed by atoms with E-state index >= 15 is 0 Å². The van der Waals surface area contributed by atoms with E-state index < -0.39 is 11.4 Å². The Kier molecular flexibility index (Phi) is 5.47. The van der Waals surface area contributed by atoms with Gasteiger partial charge in [0.1, 0.15) is 11.4 Å². The number of esters is 1. The van der Waals surface area contributed by atoms with Gasteiger partial charge < -0.3 is 4.74 Å². The minimum absolute atomic E-state index is 0.0947. The number of thioether (sulfide) groups is 1. The molecule has 0 aliphatic rings. The molecule has 2 nitrogen and oxygen atoms in total. The van der Waals surface area contributed by atoms with Crippen molar-refractivity contribution in [1.82, 2.24) is 0 Å². The van der Waals surface area contributed by atoms with E-state index in [9.17, 15) is 9.18 Å². The lowest BCUT2D eigenvalue weighted by molar-refractivity contribution is -0.154. The molecule has 0 atom stereocenters. The molecule has 0 radical (unpaired) electrons. The zero-order chi connectivity index (χ0) is 13.8. The average molecular weight is 291 g/mol. The van der Waals surface area contributed by atoms with Crippen molar-refractivity contribution in [2.24, 2.45) is 0 Å². The highest BCUT2D eigenvalue weighted by Crippen LogP contribution is 2.24. The quantitative estimate of drug-likeness (QED) is 0.611. The molecule has 0 saturated heterocycles. The van der Waals surface area contributed by atoms with Gasteiger partial charge in [0, 0.05) is 10.6 Å². The van der Waals surface area contributed by atoms with E-state index in [2.05, 4.69) is 0 Å². The van der Waals surface area contributed by atoms with Crippen molar-refractivity contribution < 1.29 is 13.9 Å². The maximum absolute atomic E-state index is 12.9. The maximum Gasteiger partial charge on any atom is 0.307 e. The van der Waals surface area contributed by atoms with Crippen molar-refractivity contribution in [2.45, 2.75) is 37.7 Å². The lowest BCUT2D eigenvalue weighted by atomic mass is 10.2. The van der Waals surface area contributed by atoms with Gasteiger partial charge in [-0.3, -0.25) is 4.79 Å². The van der Waals surface area contributed by atoms with Crippen LogP contribution in [0.4, 0.5) is 4.39 Å². The lowest BCUT2D eigenvalue weighted by Crippen LogP contribution is -2.23. The Bertz CT molecular complexity index is 429. The first-order valence-electron chi connectivity index (χ1n) is 5.57. The van der Waals surface area contributed by atoms with Crippen molar-refractivity contribution in [3.63, 3.8) is 0 Å². The van der Waals surface area contributed by atoms with Crippen LogP contribution in [0.3, 0.4) is 0 Å². The topological polar surface area (TPSA) is 26.3 Å². The van der Waals surface area contributed by atoms with Gasteiger partial charge in [0.15, 0.2) is 0 Å². The van der Waals surface area contributed by atoms with Crippen LogP contribution in [-0.4, -0.2) is 17.3 Å². The first-order chi connectivity index (χ1) is 8.28. The molecule has 0 fully saturated rings. The number of benzene rings is 1. The zero-order valence-corrected chi connectivity index (χ0v) is 12.2. The molecule has 1 rings (SSSR count). The summed E-state index contributed by atoms with van der Waals surface area (Å²) in [5, 5.41) is 0.0947. The SMILES string of the molecule is CC(C)(C)OC(=O)CCSc1ccc(F)c(Cl)c1. The van der Waals surface area contributed by atoms with Gasteiger partial charge in [-0.05, 0) is 39.0 Å². The normalized spacial score (nSPS) is 11.4. The summed E-state index contributed by atoms with van der Waals surface area (Å²) in [5.41, 5.74) is -0.457. The molecule has 18 heavy (non-hydrogen) atoms. The number of ether oxygens (including phenoxy) is 1. The van der Waals surface area contributed by atoms with Crippen LogP contribution < -0.4 is 0 Å². The Morgan fingerprint density at radius 3 is 2.67 bits per heavy atom. The highest BCUT2D eigenvalue weighted by atomic mass is 35.5. The molecule has 0 aromatic heterocycles. The first-order valence-corrected chi connectivity index (χ1v) is 6.94. The van der Waals surface area contributed by atoms with E-state index in [1.807, 2.05) is 20.8 Å². The van der Waals surface area contributed by atoms with E-state index in [1.165, 1.54) is 17.8 Å². The predicted molar refractivity (Wildman–Crippen MR) is 72.6 cm³/mol. The Morgan fingerprint density at radius 1 is 1.44 bits per heavy atom. The number of hydrogen-bond donors (Lipinski definition) is 0. The van der Waals surface area contributed by atoms with E-state index in [0.29, 0.717) is 12.2 Å². The van der Waals surface area contributed by atoms with E-state index in [-0.39, 0.29) is 11.0 Å². The largest absolute Gasteiger partial charge is 0.460 e. The van der Waals surface area contributed by atoms with Crippen LogP contribution in [0.25, 0.3) is 0 Å². The van der Waals surface area contributed by atoms with Gasteiger partial charge in [0.2, 0.25) is 0 Å². The van der Waals surface area contributed by atoms with Crippen LogP contribution in [0, 0.1) is 5.82 Å². The minimum atomic E-state index is -0.457. The van der Waals surface area contributed by atoms with Gasteiger partial charge in [-0.15, -0.1) is 11.8 Å². The van der Waals surface area contributed by atoms with E-state index in [0.717, 1.165) is 4.90 Å². The van der Waals surface area contributed by atoms with Crippen LogP contribution in [0.1, 0.15) is 27.2 Å². The number of halogens is 2. The molecule has 0 aliphatic carbocycles. The molecule has 5 heteroatoms. The van der Waals surface area contributed by atoms with Crippen molar-refractivity contribution in [3.05, 3.63) is 29.0 Å². The summed E-state index contributed by atoms with van der Waals surface area (Å²) >= 11 is 7.11. The predicted octanol–water partition coefficient (Wildman–Crippen LogP) is 4.30. The summed E-state index contributed by atoms with van der Waals surface area (Å²) < 4.78 is 18.1. The molecule has 0 saturated carbocycles. The first kappa shape index (κ1) is 15.3. The third-order valence-electron chi connectivity index (χ3n) is 1.89. The smallest absolute Gasteiger partial charge is 0.307 e. The molecule has 1 aromatic rings. The molecule has 0 N–H and O–H groups in total. The molecule has 100 valence electrons. The van der Waals surface area contributed by atoms with Gasteiger partial charge in [-0.25, -0.2) is 4.39 Å². The second-order valence-corrected chi connectivity index (χ2v) is 6.34. The third-order valence-corrected chi connectivity index (χ3v) is 3.17. The minimum Gasteiger partial charge on any atom is -0.460 e. The van der Waals surface area contributed by atoms with Crippen molar-refractivity contribution >= 4 is 29.3 Å². The van der Waals surface area contributed by atoms with Crippen molar-refractivity contribution in [2.75, 3.05) is 5.75 Å². The highest BCUT2D eigenvalue weighted by Gasteiger charge is 2.15. The molecular formula is C13H16ClFO2S. The number of carbonyl (C=O) groups excluding carboxylic acids is 1. The highest BCUT2D eigenvalue weighted by molar-refractivity contribution is 7.99. The average Bonchev–Trinajstić information content (AvgIpc) is 2.20. The molecule has 0 aliphatic heterocycles. The third kappa shape index (κ3) is 5.74. The Balaban J connectivity index is 2.38. The van der Waals surface area contributed by atoms with Crippen LogP contribution in [0.15, 0.2) is 23.1 Å². The summed E-state index contributed by atoms with van der Waals surface area (Å²) in [5.74, 6) is -0.0898. The standard InChI is InChI=1S/C13H16ClFO2S/c1-13(2,3)17-12(16)6-7-18-9-4-5-11(15)10(14)8-9/h4-5,8H,6-7H2,1-3H3. The summed E-state index contributed by atoms with van der Waals surface area (Å²) in [4.78, 5) is 12.3. The summed E-state index contributed by atoms with van der Waals surface area (Å²) in [6.45, 7) is 5.49. The van der Waals surface area contributed by atoms with Gasteiger partial charge in [-0.1, -0.05) is 11.6 Å². The summed E-state index contributed by atoms with van der Waals surface area (Å²) in [6.07, 6.45) is 0.316. The fourth-order valence-electron chi connectivity index (χ4n) is 1.21. The Labute approximate surface area is 116 Å². The van der Waals surface area contributed by atoms with Crippen molar-refractivity contribution in [3.8, 4) is 0 Å². The second-order valence-electron chi connectivity index (χ2n) is 4.76. The van der Waals surface area contributed by atoms with Gasteiger partial charge in [-0.2, -0.15) is 0 Å². The molecule has 0 bridgehead atoms. The number of hydrogen-bond acceptors (Lipinski definition) is 3. The second kappa shape index (κ2) is 6.43. The van der Waals surface area contributed by atoms with Gasteiger partial charge >= 0.3 is 5.97 Å². The van der Waals surface area contributed by atoms with Gasteiger partial charge in [0.05, 0.1) is 11.4 Å². The molecule has 0 heterocycles. The summed E-state index contributed by atoms with van der Waals surface area (Å²) in [6, 6.07) is 4.51. The molecular weight excluding hydrogens is 275 g/mol. The van der Waals surface area contributed by atoms with E-state index in [4.69, 9.17) is 16.3 Å². The Morgan fingerprint density at radius 2 is 2.11 bits per heavy atom. The monoisotopic (exact) mass is 290 g/mol. The Hall–Kier alpha value is -0.740. The van der Waals surface area contributed by atoms with Crippen LogP contribution in [0.2, 0.25) is 5.02 Å². The number of rotatable bonds is 4. The maximum atomic E-state index is 12.9. The van der Waals surface area contributed by atoms with Crippen LogP contribution >= 0.6 is 23.4 Å². The molecule has 0 spiro atoms. The van der Waals surface area contributed by atoms with Crippen LogP contribution in [0.5, 0.6) is 0 Å². The van der Waals surface area contributed by atoms with Crippen LogP contribution in [-0.2, 0) is 9.53 Å². The van der Waals surface area contributed by atoms with Gasteiger partial charge in [0.25, 0.3) is 0 Å². The summed E-state index contributed by atoms with van der Waals surface area (Å²) in [7, 11) is 0. The molecule has 0 amide bonds. The zero-order valence-electron chi connectivity index (χ0n) is 10.6. The van der Waals surface area contributed by atoms with E-state index in [1.54, 1.807) is 12.1 Å².